The lowest BCUT2D eigenvalue weighted by Gasteiger charge is -2.30. The molecule has 10 nitrogen and oxygen atoms in total. The first kappa shape index (κ1) is 29.1. The second-order valence-electron chi connectivity index (χ2n) is 10.2. The molecule has 2 unspecified atom stereocenters. The number of aryl methyl sites for hydroxylation is 1. The predicted octanol–water partition coefficient (Wildman–Crippen LogP) is 3.97. The predicted molar refractivity (Wildman–Crippen MR) is 151 cm³/mol. The van der Waals surface area contributed by atoms with Gasteiger partial charge >= 0.3 is 6.09 Å². The summed E-state index contributed by atoms with van der Waals surface area (Å²) in [5.74, 6) is 0.671. The van der Waals surface area contributed by atoms with Crippen molar-refractivity contribution in [2.24, 2.45) is 5.92 Å². The fourth-order valence-corrected chi connectivity index (χ4v) is 6.27. The molecule has 1 aromatic heterocycles. The standard InChI is InChI=1S/C29H33N3O7S/c1-18(2)16-32(17-27(33)26(31-29(35)36)13-20-7-5-4-6-8-20)40(37,38)22-11-12-25-23(15-22)24(28(34)30-25)14-21-10-9-19(3)39-21/h4-12,14-15,18,26-27,31,33H,13,16-17H2,1-3H3,(H,30,34)(H,35,36). The number of nitrogens with one attached hydrogen (secondary N) is 2. The van der Waals surface area contributed by atoms with Crippen molar-refractivity contribution in [1.82, 2.24) is 9.62 Å². The normalized spacial score (nSPS) is 15.8. The maximum absolute atomic E-state index is 13.9. The Morgan fingerprint density at radius 3 is 2.45 bits per heavy atom. The number of rotatable bonds is 11. The number of aliphatic hydroxyl groups excluding tert-OH is 1. The van der Waals surface area contributed by atoms with Crippen LogP contribution in [0.1, 0.15) is 36.5 Å². The highest BCUT2D eigenvalue weighted by Crippen LogP contribution is 2.36. The Balaban J connectivity index is 1.64. The van der Waals surface area contributed by atoms with Gasteiger partial charge in [-0.15, -0.1) is 0 Å². The summed E-state index contributed by atoms with van der Waals surface area (Å²) in [6, 6.07) is 16.0. The van der Waals surface area contributed by atoms with E-state index in [1.165, 1.54) is 18.2 Å². The molecule has 3 aromatic rings. The molecule has 1 aliphatic heterocycles. The Hall–Kier alpha value is -3.93. The van der Waals surface area contributed by atoms with Gasteiger partial charge in [0.1, 0.15) is 11.5 Å². The number of carbonyl (C=O) groups is 2. The molecule has 4 rings (SSSR count). The molecule has 0 saturated carbocycles. The van der Waals surface area contributed by atoms with E-state index in [2.05, 4.69) is 10.6 Å². The summed E-state index contributed by atoms with van der Waals surface area (Å²) in [6.45, 7) is 5.24. The summed E-state index contributed by atoms with van der Waals surface area (Å²) >= 11 is 0. The van der Waals surface area contributed by atoms with Crippen LogP contribution in [0.2, 0.25) is 0 Å². The minimum absolute atomic E-state index is 0.0528. The van der Waals surface area contributed by atoms with E-state index >= 15 is 0 Å². The van der Waals surface area contributed by atoms with Gasteiger partial charge in [-0.2, -0.15) is 4.31 Å². The lowest BCUT2D eigenvalue weighted by molar-refractivity contribution is -0.110. The van der Waals surface area contributed by atoms with E-state index in [4.69, 9.17) is 4.42 Å². The van der Waals surface area contributed by atoms with E-state index in [1.807, 2.05) is 19.9 Å². The molecule has 0 radical (unpaired) electrons. The molecule has 0 bridgehead atoms. The zero-order valence-electron chi connectivity index (χ0n) is 22.5. The maximum Gasteiger partial charge on any atom is 0.404 e. The molecule has 0 saturated heterocycles. The van der Waals surface area contributed by atoms with Crippen molar-refractivity contribution in [2.75, 3.05) is 18.4 Å². The first-order valence-corrected chi connectivity index (χ1v) is 14.3. The van der Waals surface area contributed by atoms with Gasteiger partial charge in [0.05, 0.1) is 22.6 Å². The van der Waals surface area contributed by atoms with Crippen molar-refractivity contribution in [3.05, 3.63) is 83.3 Å². The average Bonchev–Trinajstić information content (AvgIpc) is 3.44. The number of furan rings is 1. The smallest absolute Gasteiger partial charge is 0.404 e. The summed E-state index contributed by atoms with van der Waals surface area (Å²) in [4.78, 5) is 24.1. The van der Waals surface area contributed by atoms with Crippen LogP contribution in [0.3, 0.4) is 0 Å². The van der Waals surface area contributed by atoms with Crippen LogP contribution in [-0.4, -0.2) is 60.2 Å². The number of hydrogen-bond donors (Lipinski definition) is 4. The SMILES string of the molecule is Cc1ccc(C=C2C(=O)Nc3ccc(S(=O)(=O)N(CC(C)C)CC(O)C(Cc4ccccc4)NC(=O)O)cc32)o1. The first-order chi connectivity index (χ1) is 18.9. The number of nitrogens with zero attached hydrogens (tertiary/aromatic N) is 1. The van der Waals surface area contributed by atoms with E-state index in [9.17, 15) is 28.2 Å². The quantitative estimate of drug-likeness (QED) is 0.256. The molecular formula is C29H33N3O7S. The Labute approximate surface area is 233 Å². The van der Waals surface area contributed by atoms with E-state index in [0.717, 1.165) is 9.87 Å². The van der Waals surface area contributed by atoms with Crippen LogP contribution >= 0.6 is 0 Å². The van der Waals surface area contributed by atoms with Crippen LogP contribution < -0.4 is 10.6 Å². The monoisotopic (exact) mass is 567 g/mol. The summed E-state index contributed by atoms with van der Waals surface area (Å²) in [7, 11) is -4.15. The largest absolute Gasteiger partial charge is 0.465 e. The molecule has 1 aliphatic rings. The van der Waals surface area contributed by atoms with Gasteiger partial charge in [0.2, 0.25) is 10.0 Å². The van der Waals surface area contributed by atoms with Crippen molar-refractivity contribution in [2.45, 2.75) is 44.2 Å². The third-order valence-corrected chi connectivity index (χ3v) is 8.32. The number of aliphatic hydroxyl groups is 1. The molecule has 2 atom stereocenters. The molecular weight excluding hydrogens is 534 g/mol. The van der Waals surface area contributed by atoms with Gasteiger partial charge in [-0.1, -0.05) is 44.2 Å². The van der Waals surface area contributed by atoms with Gasteiger partial charge in [-0.05, 0) is 61.2 Å². The highest BCUT2D eigenvalue weighted by Gasteiger charge is 2.33. The molecule has 11 heteroatoms. The number of anilines is 1. The van der Waals surface area contributed by atoms with Gasteiger partial charge in [-0.25, -0.2) is 13.2 Å². The van der Waals surface area contributed by atoms with Crippen LogP contribution in [-0.2, 0) is 21.2 Å². The van der Waals surface area contributed by atoms with Crippen molar-refractivity contribution >= 4 is 39.4 Å². The van der Waals surface area contributed by atoms with Crippen LogP contribution in [0, 0.1) is 12.8 Å². The number of sulfonamides is 1. The number of carbonyl (C=O) groups excluding carboxylic acids is 1. The van der Waals surface area contributed by atoms with Gasteiger partial charge < -0.3 is 25.3 Å². The molecule has 2 aromatic carbocycles. The zero-order chi connectivity index (χ0) is 29.0. The van der Waals surface area contributed by atoms with Gasteiger partial charge in [-0.3, -0.25) is 4.79 Å². The summed E-state index contributed by atoms with van der Waals surface area (Å²) in [5.41, 5.74) is 1.95. The number of hydrogen-bond acceptors (Lipinski definition) is 6. The van der Waals surface area contributed by atoms with Gasteiger partial charge in [0.25, 0.3) is 5.91 Å². The number of fused-ring (bicyclic) bond motifs is 1. The maximum atomic E-state index is 13.9. The van der Waals surface area contributed by atoms with E-state index < -0.39 is 28.3 Å². The van der Waals surface area contributed by atoms with Crippen molar-refractivity contribution < 1.29 is 32.6 Å². The second-order valence-corrected chi connectivity index (χ2v) is 12.1. The Morgan fingerprint density at radius 2 is 1.82 bits per heavy atom. The van der Waals surface area contributed by atoms with Crippen LogP contribution in [0.15, 0.2) is 70.0 Å². The first-order valence-electron chi connectivity index (χ1n) is 12.9. The minimum atomic E-state index is -4.15. The van der Waals surface area contributed by atoms with E-state index in [0.29, 0.717) is 22.8 Å². The van der Waals surface area contributed by atoms with Gasteiger partial charge in [0, 0.05) is 24.3 Å². The Bertz CT molecular complexity index is 1510. The molecule has 2 heterocycles. The third kappa shape index (κ3) is 6.79. The molecule has 0 aliphatic carbocycles. The number of benzene rings is 2. The van der Waals surface area contributed by atoms with E-state index in [1.54, 1.807) is 49.4 Å². The van der Waals surface area contributed by atoms with E-state index in [-0.39, 0.29) is 41.8 Å². The minimum Gasteiger partial charge on any atom is -0.465 e. The Kier molecular flexibility index (Phi) is 8.77. The lowest BCUT2D eigenvalue weighted by Crippen LogP contribution is -2.50. The lowest BCUT2D eigenvalue weighted by atomic mass is 10.0. The molecule has 40 heavy (non-hydrogen) atoms. The van der Waals surface area contributed by atoms with Crippen LogP contribution in [0.4, 0.5) is 10.5 Å². The molecule has 2 amide bonds. The molecule has 0 spiro atoms. The number of carboxylic acid groups (broad SMARTS) is 1. The highest BCUT2D eigenvalue weighted by molar-refractivity contribution is 7.89. The van der Waals surface area contributed by atoms with Crippen LogP contribution in [0.25, 0.3) is 11.6 Å². The summed E-state index contributed by atoms with van der Waals surface area (Å²) in [6.07, 6.45) is -0.914. The van der Waals surface area contributed by atoms with Crippen molar-refractivity contribution in [3.63, 3.8) is 0 Å². The van der Waals surface area contributed by atoms with Crippen molar-refractivity contribution in [1.29, 1.82) is 0 Å². The fraction of sp³-hybridized carbons (Fsp3) is 0.310. The highest BCUT2D eigenvalue weighted by atomic mass is 32.2. The zero-order valence-corrected chi connectivity index (χ0v) is 23.3. The topological polar surface area (TPSA) is 149 Å². The Morgan fingerprint density at radius 1 is 1.10 bits per heavy atom. The summed E-state index contributed by atoms with van der Waals surface area (Å²) in [5, 5.41) is 25.5. The average molecular weight is 568 g/mol. The second kappa shape index (κ2) is 12.1. The van der Waals surface area contributed by atoms with Crippen LogP contribution in [0.5, 0.6) is 0 Å². The molecule has 212 valence electrons. The third-order valence-electron chi connectivity index (χ3n) is 6.49. The van der Waals surface area contributed by atoms with Gasteiger partial charge in [0.15, 0.2) is 0 Å². The fourth-order valence-electron chi connectivity index (χ4n) is 4.62. The molecule has 0 fully saturated rings. The summed E-state index contributed by atoms with van der Waals surface area (Å²) < 4.78 is 34.5. The number of amides is 2. The van der Waals surface area contributed by atoms with Crippen molar-refractivity contribution in [3.8, 4) is 0 Å². The molecule has 4 N–H and O–H groups in total.